The Balaban J connectivity index is 4.85. The number of ether oxygens (including phenoxy) is 4. The number of unbranched alkanes of at least 4 members (excludes halogenated alkanes) is 15. The van der Waals surface area contributed by atoms with Gasteiger partial charge in [-0.2, -0.15) is 0 Å². The molecule has 0 N–H and O–H groups in total. The average Bonchev–Trinajstić information content (AvgIpc) is 3.01. The zero-order chi connectivity index (χ0) is 34.8. The minimum atomic E-state index is -1.24. The summed E-state index contributed by atoms with van der Waals surface area (Å²) < 4.78 is 20.6. The lowest BCUT2D eigenvalue weighted by Crippen LogP contribution is -2.41. The summed E-state index contributed by atoms with van der Waals surface area (Å²) in [5.74, 6) is -3.13. The normalized spacial score (nSPS) is 14.0. The lowest BCUT2D eigenvalue weighted by molar-refractivity contribution is -0.163. The Kier molecular flexibility index (Phi) is 24.8. The molecule has 0 heterocycles. The number of hydrogen-bond donors (Lipinski definition) is 0. The molecular weight excluding hydrogens is 652 g/mol. The molecule has 0 bridgehead atoms. The smallest absolute Gasteiger partial charge is 0.333 e. The van der Waals surface area contributed by atoms with Crippen LogP contribution in [0.25, 0.3) is 0 Å². The fourth-order valence-electron chi connectivity index (χ4n) is 6.06. The Morgan fingerprint density at radius 1 is 0.717 bits per heavy atom. The van der Waals surface area contributed by atoms with Crippen molar-refractivity contribution in [2.75, 3.05) is 20.3 Å². The zero-order valence-corrected chi connectivity index (χ0v) is 31.3. The molecule has 0 saturated carbocycles. The highest BCUT2D eigenvalue weighted by Gasteiger charge is 2.46. The molecule has 0 amide bonds. The fraction of sp³-hybridized carbons (Fsp3) is 0.838. The molecule has 46 heavy (non-hydrogen) atoms. The van der Waals surface area contributed by atoms with E-state index in [0.29, 0.717) is 0 Å². The molecule has 8 nitrogen and oxygen atoms in total. The first-order valence-electron chi connectivity index (χ1n) is 17.6. The van der Waals surface area contributed by atoms with Gasteiger partial charge in [-0.15, -0.1) is 0 Å². The number of methoxy groups -OCH3 is 1. The van der Waals surface area contributed by atoms with Crippen molar-refractivity contribution in [3.05, 3.63) is 0 Å². The summed E-state index contributed by atoms with van der Waals surface area (Å²) in [6.45, 7) is 9.45. The number of alkyl halides is 1. The van der Waals surface area contributed by atoms with Crippen LogP contribution in [0.3, 0.4) is 0 Å². The van der Waals surface area contributed by atoms with Crippen LogP contribution in [0.4, 0.5) is 0 Å². The molecule has 0 aliphatic carbocycles. The van der Waals surface area contributed by atoms with Gasteiger partial charge < -0.3 is 18.9 Å². The molecule has 0 aromatic carbocycles. The highest BCUT2D eigenvalue weighted by Crippen LogP contribution is 2.42. The third kappa shape index (κ3) is 19.6. The van der Waals surface area contributed by atoms with Crippen LogP contribution >= 0.6 is 15.9 Å². The van der Waals surface area contributed by atoms with Crippen molar-refractivity contribution in [1.29, 1.82) is 0 Å². The van der Waals surface area contributed by atoms with Gasteiger partial charge in [0.25, 0.3) is 0 Å². The monoisotopic (exact) mass is 714 g/mol. The van der Waals surface area contributed by atoms with Gasteiger partial charge in [0.2, 0.25) is 0 Å². The SMILES string of the molecule is C#COC(=O)[C@@H](Br)C[C@@H](CC(C)(CC(C)(C)C(=O)OCC)C(=O)OC)C(=O)OCCCCCCCCCCCCCCCCCC. The topological polar surface area (TPSA) is 105 Å². The van der Waals surface area contributed by atoms with Crippen LogP contribution in [0, 0.1) is 29.3 Å². The number of rotatable bonds is 28. The summed E-state index contributed by atoms with van der Waals surface area (Å²) in [4.78, 5) is 50.4. The molecular formula is C37H63BrO8. The molecule has 0 rings (SSSR count). The maximum absolute atomic E-state index is 13.3. The number of carbonyl (C=O) groups is 4. The van der Waals surface area contributed by atoms with E-state index in [-0.39, 0.29) is 32.5 Å². The lowest BCUT2D eigenvalue weighted by atomic mass is 9.69. The van der Waals surface area contributed by atoms with Gasteiger partial charge in [0, 0.05) is 0 Å². The van der Waals surface area contributed by atoms with Crippen LogP contribution in [-0.2, 0) is 38.1 Å². The van der Waals surface area contributed by atoms with E-state index in [0.717, 1.165) is 19.3 Å². The van der Waals surface area contributed by atoms with Gasteiger partial charge in [0.1, 0.15) is 10.9 Å². The van der Waals surface area contributed by atoms with E-state index in [1.807, 2.05) is 6.11 Å². The number of esters is 4. The Morgan fingerprint density at radius 2 is 1.20 bits per heavy atom. The summed E-state index contributed by atoms with van der Waals surface area (Å²) in [5, 5.41) is 0. The molecule has 0 radical (unpaired) electrons. The van der Waals surface area contributed by atoms with E-state index >= 15 is 0 Å². The number of hydrogen-bond acceptors (Lipinski definition) is 8. The Labute approximate surface area is 288 Å². The first-order chi connectivity index (χ1) is 21.9. The molecule has 0 aliphatic heterocycles. The first kappa shape index (κ1) is 43.9. The van der Waals surface area contributed by atoms with Gasteiger partial charge in [0.05, 0.1) is 37.1 Å². The second kappa shape index (κ2) is 25.9. The van der Waals surface area contributed by atoms with Crippen molar-refractivity contribution in [1.82, 2.24) is 0 Å². The summed E-state index contributed by atoms with van der Waals surface area (Å²) in [6, 6.07) is 0. The molecule has 3 atom stereocenters. The third-order valence-corrected chi connectivity index (χ3v) is 9.27. The standard InChI is InChI=1S/C37H63BrO8/c1-8-11-12-13-14-15-16-17-18-19-20-21-22-23-24-25-26-46-32(39)30(27-31(38)33(40)44-9-2)28-37(6,35(42)43-7)29-36(4,5)34(41)45-10-3/h2,30-31H,8,10-29H2,1,3-7H3/t30-,31-,37?/m0/s1. The predicted molar refractivity (Wildman–Crippen MR) is 186 cm³/mol. The third-order valence-electron chi connectivity index (χ3n) is 8.52. The van der Waals surface area contributed by atoms with E-state index in [2.05, 4.69) is 27.6 Å². The van der Waals surface area contributed by atoms with Crippen molar-refractivity contribution in [2.24, 2.45) is 16.7 Å². The molecule has 9 heteroatoms. The quantitative estimate of drug-likeness (QED) is 0.0260. The zero-order valence-electron chi connectivity index (χ0n) is 29.7. The van der Waals surface area contributed by atoms with Crippen molar-refractivity contribution < 1.29 is 38.1 Å². The van der Waals surface area contributed by atoms with Crippen LogP contribution in [0.15, 0.2) is 0 Å². The van der Waals surface area contributed by atoms with E-state index in [4.69, 9.17) is 20.6 Å². The Morgan fingerprint density at radius 3 is 1.63 bits per heavy atom. The highest BCUT2D eigenvalue weighted by molar-refractivity contribution is 9.10. The van der Waals surface area contributed by atoms with E-state index < -0.39 is 45.5 Å². The number of halogens is 1. The molecule has 0 fully saturated rings. The summed E-state index contributed by atoms with van der Waals surface area (Å²) in [5.41, 5.74) is -2.27. The van der Waals surface area contributed by atoms with Crippen molar-refractivity contribution in [3.63, 3.8) is 0 Å². The first-order valence-corrected chi connectivity index (χ1v) is 18.5. The minimum Gasteiger partial charge on any atom is -0.469 e. The Hall–Kier alpha value is -2.08. The number of terminal acetylenes is 1. The second-order valence-electron chi connectivity index (χ2n) is 13.4. The lowest BCUT2D eigenvalue weighted by Gasteiger charge is -2.36. The van der Waals surface area contributed by atoms with Gasteiger partial charge in [-0.3, -0.25) is 14.4 Å². The van der Waals surface area contributed by atoms with Crippen molar-refractivity contribution in [2.45, 2.75) is 161 Å². The van der Waals surface area contributed by atoms with Gasteiger partial charge >= 0.3 is 23.9 Å². The molecule has 0 saturated heterocycles. The van der Waals surface area contributed by atoms with Crippen LogP contribution < -0.4 is 0 Å². The van der Waals surface area contributed by atoms with E-state index in [1.165, 1.54) is 90.6 Å². The van der Waals surface area contributed by atoms with Crippen LogP contribution in [0.5, 0.6) is 0 Å². The van der Waals surface area contributed by atoms with Crippen LogP contribution in [-0.4, -0.2) is 49.0 Å². The molecule has 0 aliphatic rings. The number of carbonyl (C=O) groups excluding carboxylic acids is 4. The van der Waals surface area contributed by atoms with Gasteiger partial charge in [-0.05, 0) is 53.4 Å². The largest absolute Gasteiger partial charge is 0.469 e. The highest BCUT2D eigenvalue weighted by atomic mass is 79.9. The molecule has 0 aromatic rings. The molecule has 0 aromatic heterocycles. The van der Waals surface area contributed by atoms with E-state index in [1.54, 1.807) is 27.7 Å². The van der Waals surface area contributed by atoms with E-state index in [9.17, 15) is 19.2 Å². The predicted octanol–water partition coefficient (Wildman–Crippen LogP) is 9.24. The Bertz CT molecular complexity index is 912. The summed E-state index contributed by atoms with van der Waals surface area (Å²) in [6.07, 6.45) is 27.0. The van der Waals surface area contributed by atoms with Crippen molar-refractivity contribution >= 4 is 39.8 Å². The van der Waals surface area contributed by atoms with Gasteiger partial charge in [0.15, 0.2) is 0 Å². The van der Waals surface area contributed by atoms with Gasteiger partial charge in [-0.25, -0.2) is 4.79 Å². The van der Waals surface area contributed by atoms with Crippen molar-refractivity contribution in [3.8, 4) is 12.5 Å². The fourth-order valence-corrected chi connectivity index (χ4v) is 6.61. The average molecular weight is 716 g/mol. The molecule has 1 unspecified atom stereocenters. The molecule has 266 valence electrons. The molecule has 0 spiro atoms. The minimum absolute atomic E-state index is 0.00820. The van der Waals surface area contributed by atoms with Crippen LogP contribution in [0.2, 0.25) is 0 Å². The maximum Gasteiger partial charge on any atom is 0.333 e. The summed E-state index contributed by atoms with van der Waals surface area (Å²) in [7, 11) is 1.26. The maximum atomic E-state index is 13.3. The van der Waals surface area contributed by atoms with Crippen LogP contribution in [0.1, 0.15) is 157 Å². The van der Waals surface area contributed by atoms with Gasteiger partial charge in [-0.1, -0.05) is 126 Å². The summed E-state index contributed by atoms with van der Waals surface area (Å²) >= 11 is 3.27. The second-order valence-corrected chi connectivity index (χ2v) is 14.6.